The fraction of sp³-hybridized carbons (Fsp3) is 0. The van der Waals surface area contributed by atoms with Crippen LogP contribution in [0, 0.1) is 5.82 Å². The maximum atomic E-state index is 13.0. The van der Waals surface area contributed by atoms with Crippen molar-refractivity contribution in [3.05, 3.63) is 70.4 Å². The topological polar surface area (TPSA) is 57.6 Å². The van der Waals surface area contributed by atoms with Gasteiger partial charge in [0.25, 0.3) is 5.91 Å². The number of aromatic carboxylic acids is 1. The van der Waals surface area contributed by atoms with E-state index in [9.17, 15) is 14.0 Å². The molecule has 0 aromatic heterocycles. The molecule has 2 aromatic rings. The van der Waals surface area contributed by atoms with Gasteiger partial charge >= 0.3 is 5.97 Å². The maximum absolute atomic E-state index is 13.0. The summed E-state index contributed by atoms with van der Waals surface area (Å²) < 4.78 is 13.3. The minimum atomic E-state index is -1.08. The number of amides is 1. The van der Waals surface area contributed by atoms with Crippen molar-refractivity contribution in [2.45, 2.75) is 0 Å². The van der Waals surface area contributed by atoms with E-state index in [1.807, 2.05) is 0 Å². The van der Waals surface area contributed by atoms with E-state index in [0.29, 0.717) is 20.5 Å². The van der Waals surface area contributed by atoms with Gasteiger partial charge in [-0.25, -0.2) is 9.18 Å². The van der Waals surface area contributed by atoms with Gasteiger partial charge in [0.1, 0.15) is 5.82 Å². The Kier molecular flexibility index (Phi) is 4.46. The molecule has 0 atom stereocenters. The van der Waals surface area contributed by atoms with E-state index >= 15 is 0 Å². The molecule has 0 spiro atoms. The number of halogens is 1. The van der Waals surface area contributed by atoms with E-state index in [1.54, 1.807) is 30.3 Å². The zero-order chi connectivity index (χ0) is 17.3. The first-order valence-electron chi connectivity index (χ1n) is 6.82. The molecule has 1 amide bonds. The van der Waals surface area contributed by atoms with Crippen molar-refractivity contribution >= 4 is 51.9 Å². The lowest BCUT2D eigenvalue weighted by atomic mass is 10.2. The molecule has 1 heterocycles. The maximum Gasteiger partial charge on any atom is 0.335 e. The molecular formula is C17H10FNO3S2. The number of carboxylic acid groups (broad SMARTS) is 1. The summed E-state index contributed by atoms with van der Waals surface area (Å²) in [6, 6.07) is 11.8. The van der Waals surface area contributed by atoms with Crippen LogP contribution in [0.4, 0.5) is 10.1 Å². The third kappa shape index (κ3) is 3.22. The van der Waals surface area contributed by atoms with Gasteiger partial charge in [-0.3, -0.25) is 9.69 Å². The summed E-state index contributed by atoms with van der Waals surface area (Å²) in [6.07, 6.45) is 1.62. The molecule has 1 aliphatic rings. The first-order chi connectivity index (χ1) is 11.5. The molecule has 24 heavy (non-hydrogen) atoms. The second kappa shape index (κ2) is 6.54. The fourth-order valence-corrected chi connectivity index (χ4v) is 3.48. The Balaban J connectivity index is 1.93. The third-order valence-corrected chi connectivity index (χ3v) is 4.61. The molecule has 0 bridgehead atoms. The van der Waals surface area contributed by atoms with Crippen LogP contribution >= 0.6 is 24.0 Å². The van der Waals surface area contributed by atoms with E-state index in [1.165, 1.54) is 29.2 Å². The fourth-order valence-electron chi connectivity index (χ4n) is 2.18. The highest BCUT2D eigenvalue weighted by Gasteiger charge is 2.33. The number of thiocarbonyl (C=S) groups is 1. The minimum Gasteiger partial charge on any atom is -0.478 e. The van der Waals surface area contributed by atoms with Crippen LogP contribution in [0.1, 0.15) is 15.9 Å². The van der Waals surface area contributed by atoms with E-state index in [0.717, 1.165) is 11.8 Å². The van der Waals surface area contributed by atoms with E-state index in [2.05, 4.69) is 0 Å². The Labute approximate surface area is 146 Å². The normalized spacial score (nSPS) is 16.0. The molecule has 1 N–H and O–H groups in total. The lowest BCUT2D eigenvalue weighted by Crippen LogP contribution is -2.27. The van der Waals surface area contributed by atoms with Gasteiger partial charge in [-0.2, -0.15) is 0 Å². The number of hydrogen-bond donors (Lipinski definition) is 1. The van der Waals surface area contributed by atoms with Crippen molar-refractivity contribution in [1.29, 1.82) is 0 Å². The Morgan fingerprint density at radius 2 is 1.92 bits per heavy atom. The lowest BCUT2D eigenvalue weighted by molar-refractivity contribution is -0.113. The molecule has 1 aliphatic heterocycles. The number of hydrogen-bond acceptors (Lipinski definition) is 4. The summed E-state index contributed by atoms with van der Waals surface area (Å²) in [5.41, 5.74) is 1.15. The average molecular weight is 359 g/mol. The van der Waals surface area contributed by atoms with Gasteiger partial charge in [0.2, 0.25) is 0 Å². The summed E-state index contributed by atoms with van der Waals surface area (Å²) in [4.78, 5) is 25.4. The van der Waals surface area contributed by atoms with Gasteiger partial charge in [-0.05, 0) is 42.0 Å². The molecule has 7 heteroatoms. The Morgan fingerprint density at radius 1 is 1.21 bits per heavy atom. The zero-order valence-electron chi connectivity index (χ0n) is 12.1. The first kappa shape index (κ1) is 16.4. The molecule has 0 unspecified atom stereocenters. The number of rotatable bonds is 3. The highest BCUT2D eigenvalue weighted by atomic mass is 32.2. The number of carboxylic acids is 1. The van der Waals surface area contributed by atoms with Crippen molar-refractivity contribution < 1.29 is 19.1 Å². The average Bonchev–Trinajstić information content (AvgIpc) is 2.83. The quantitative estimate of drug-likeness (QED) is 0.665. The van der Waals surface area contributed by atoms with Crippen LogP contribution in [0.25, 0.3) is 6.08 Å². The number of carbonyl (C=O) groups is 2. The predicted molar refractivity (Wildman–Crippen MR) is 95.5 cm³/mol. The molecule has 1 saturated heterocycles. The van der Waals surface area contributed by atoms with E-state index in [4.69, 9.17) is 17.3 Å². The van der Waals surface area contributed by atoms with E-state index in [-0.39, 0.29) is 17.3 Å². The second-order valence-electron chi connectivity index (χ2n) is 4.92. The van der Waals surface area contributed by atoms with Gasteiger partial charge < -0.3 is 5.11 Å². The van der Waals surface area contributed by atoms with Crippen LogP contribution in [0.5, 0.6) is 0 Å². The van der Waals surface area contributed by atoms with Gasteiger partial charge in [0.15, 0.2) is 4.32 Å². The Hall–Kier alpha value is -2.51. The largest absolute Gasteiger partial charge is 0.478 e. The SMILES string of the molecule is O=C(O)c1cccc(N2C(=O)/C(=C/c3ccc(F)cc3)SC2=S)c1. The lowest BCUT2D eigenvalue weighted by Gasteiger charge is -2.14. The van der Waals surface area contributed by atoms with Crippen molar-refractivity contribution in [1.82, 2.24) is 0 Å². The number of nitrogens with zero attached hydrogens (tertiary/aromatic N) is 1. The molecule has 0 saturated carbocycles. The van der Waals surface area contributed by atoms with Crippen molar-refractivity contribution in [2.24, 2.45) is 0 Å². The van der Waals surface area contributed by atoms with Crippen molar-refractivity contribution in [3.8, 4) is 0 Å². The summed E-state index contributed by atoms with van der Waals surface area (Å²) in [7, 11) is 0. The van der Waals surface area contributed by atoms with Crippen molar-refractivity contribution in [3.63, 3.8) is 0 Å². The summed E-state index contributed by atoms with van der Waals surface area (Å²) in [5.74, 6) is -1.77. The molecule has 2 aromatic carbocycles. The molecule has 4 nitrogen and oxygen atoms in total. The predicted octanol–water partition coefficient (Wildman–Crippen LogP) is 3.93. The highest BCUT2D eigenvalue weighted by molar-refractivity contribution is 8.27. The molecular weight excluding hydrogens is 349 g/mol. The summed E-state index contributed by atoms with van der Waals surface area (Å²) in [6.45, 7) is 0. The Bertz CT molecular complexity index is 878. The molecule has 0 aliphatic carbocycles. The summed E-state index contributed by atoms with van der Waals surface area (Å²) in [5, 5.41) is 9.07. The number of carbonyl (C=O) groups excluding carboxylic acids is 1. The minimum absolute atomic E-state index is 0.0732. The number of anilines is 1. The van der Waals surface area contributed by atoms with Gasteiger partial charge in [0.05, 0.1) is 16.2 Å². The highest BCUT2D eigenvalue weighted by Crippen LogP contribution is 2.36. The van der Waals surface area contributed by atoms with Crippen LogP contribution in [-0.2, 0) is 4.79 Å². The van der Waals surface area contributed by atoms with Crippen LogP contribution < -0.4 is 4.90 Å². The van der Waals surface area contributed by atoms with E-state index < -0.39 is 5.97 Å². The second-order valence-corrected chi connectivity index (χ2v) is 6.60. The zero-order valence-corrected chi connectivity index (χ0v) is 13.7. The molecule has 0 radical (unpaired) electrons. The van der Waals surface area contributed by atoms with Gasteiger partial charge in [-0.1, -0.05) is 42.2 Å². The Morgan fingerprint density at radius 3 is 2.58 bits per heavy atom. The van der Waals surface area contributed by atoms with Crippen LogP contribution in [-0.4, -0.2) is 21.3 Å². The molecule has 120 valence electrons. The standard InChI is InChI=1S/C17H10FNO3S2/c18-12-6-4-10(5-7-12)8-14-15(20)19(17(23)24-14)13-3-1-2-11(9-13)16(21)22/h1-9H,(H,21,22)/b14-8-. The van der Waals surface area contributed by atoms with Crippen LogP contribution in [0.3, 0.4) is 0 Å². The molecule has 1 fully saturated rings. The first-order valence-corrected chi connectivity index (χ1v) is 8.05. The summed E-state index contributed by atoms with van der Waals surface area (Å²) >= 11 is 6.36. The number of thioether (sulfide) groups is 1. The van der Waals surface area contributed by atoms with Gasteiger partial charge in [-0.15, -0.1) is 0 Å². The monoisotopic (exact) mass is 359 g/mol. The smallest absolute Gasteiger partial charge is 0.335 e. The van der Waals surface area contributed by atoms with Crippen LogP contribution in [0.15, 0.2) is 53.4 Å². The van der Waals surface area contributed by atoms with Crippen molar-refractivity contribution in [2.75, 3.05) is 4.90 Å². The number of benzene rings is 2. The molecule has 3 rings (SSSR count). The van der Waals surface area contributed by atoms with Crippen LogP contribution in [0.2, 0.25) is 0 Å². The third-order valence-electron chi connectivity index (χ3n) is 3.31. The van der Waals surface area contributed by atoms with Gasteiger partial charge in [0, 0.05) is 0 Å².